The van der Waals surface area contributed by atoms with E-state index in [2.05, 4.69) is 4.52 Å². The Labute approximate surface area is 177 Å². The fourth-order valence-corrected chi connectivity index (χ4v) is 2.79. The summed E-state index contributed by atoms with van der Waals surface area (Å²) in [6.45, 7) is 5.84. The van der Waals surface area contributed by atoms with Crippen LogP contribution in [0.1, 0.15) is 20.8 Å². The second kappa shape index (κ2) is 16.4. The summed E-state index contributed by atoms with van der Waals surface area (Å²) in [6, 6.07) is 0. The van der Waals surface area contributed by atoms with Crippen molar-refractivity contribution in [2.75, 3.05) is 66.1 Å². The van der Waals surface area contributed by atoms with Gasteiger partial charge in [0.1, 0.15) is 11.6 Å². The normalized spacial score (nSPS) is 16.9. The average Bonchev–Trinajstić information content (AvgIpc) is 2.66. The van der Waals surface area contributed by atoms with Crippen molar-refractivity contribution in [2.45, 2.75) is 32.5 Å². The average molecular weight is 479 g/mol. The summed E-state index contributed by atoms with van der Waals surface area (Å²) in [7, 11) is -7.66. The van der Waals surface area contributed by atoms with E-state index >= 15 is 0 Å². The minimum atomic E-state index is -3.96. The van der Waals surface area contributed by atoms with Gasteiger partial charge in [-0.05, 0) is 6.92 Å². The lowest BCUT2D eigenvalue weighted by Crippen LogP contribution is -2.23. The smallest absolute Gasteiger partial charge is 0.371 e. The Balaban J connectivity index is 3.40. The standard InChI is InChI=1S/C16H35NO11P2/c1-14(2)29(19,20)28-13-16(18)12-26-9-8-24-5-4-23-6-7-25-10-11-27-30(21,22)15(3)17/h14,16-18H,4-13H2,1-3H3,(H,19,20)(H,21,22). The molecule has 0 amide bonds. The van der Waals surface area contributed by atoms with Gasteiger partial charge in [-0.15, -0.1) is 0 Å². The van der Waals surface area contributed by atoms with E-state index in [4.69, 9.17) is 28.9 Å². The molecule has 12 nitrogen and oxygen atoms in total. The molecule has 0 aromatic carbocycles. The Morgan fingerprint density at radius 1 is 0.800 bits per heavy atom. The molecule has 14 heteroatoms. The fourth-order valence-electron chi connectivity index (χ4n) is 1.59. The summed E-state index contributed by atoms with van der Waals surface area (Å²) in [5, 5.41) is 16.7. The molecule has 0 aliphatic rings. The lowest BCUT2D eigenvalue weighted by Gasteiger charge is -2.18. The number of aliphatic hydroxyl groups excluding tert-OH is 1. The highest BCUT2D eigenvalue weighted by Crippen LogP contribution is 2.46. The number of nitrogens with one attached hydrogen (secondary N) is 1. The van der Waals surface area contributed by atoms with E-state index in [0.29, 0.717) is 26.4 Å². The molecule has 0 radical (unpaired) electrons. The summed E-state index contributed by atoms with van der Waals surface area (Å²) in [6.07, 6.45) is -1.00. The molecule has 0 aliphatic carbocycles. The van der Waals surface area contributed by atoms with E-state index in [9.17, 15) is 24.0 Å². The van der Waals surface area contributed by atoms with Crippen LogP contribution in [0.15, 0.2) is 0 Å². The minimum Gasteiger partial charge on any atom is -0.388 e. The highest BCUT2D eigenvalue weighted by molar-refractivity contribution is 7.71. The molecule has 4 N–H and O–H groups in total. The fraction of sp³-hybridized carbons (Fsp3) is 0.938. The lowest BCUT2D eigenvalue weighted by molar-refractivity contribution is -0.0259. The zero-order valence-corrected chi connectivity index (χ0v) is 19.5. The van der Waals surface area contributed by atoms with Crippen molar-refractivity contribution in [1.29, 1.82) is 5.41 Å². The van der Waals surface area contributed by atoms with E-state index in [1.165, 1.54) is 6.92 Å². The Morgan fingerprint density at radius 2 is 1.23 bits per heavy atom. The molecule has 0 saturated heterocycles. The van der Waals surface area contributed by atoms with Crippen molar-refractivity contribution in [3.8, 4) is 0 Å². The second-order valence-corrected chi connectivity index (χ2v) is 10.8. The van der Waals surface area contributed by atoms with E-state index in [1.54, 1.807) is 13.8 Å². The highest BCUT2D eigenvalue weighted by Gasteiger charge is 2.25. The summed E-state index contributed by atoms with van der Waals surface area (Å²) in [4.78, 5) is 18.7. The predicted octanol–water partition coefficient (Wildman–Crippen LogP) is 1.22. The first-order valence-electron chi connectivity index (χ1n) is 9.48. The molecule has 0 fully saturated rings. The van der Waals surface area contributed by atoms with Gasteiger partial charge in [0.25, 0.3) is 0 Å². The van der Waals surface area contributed by atoms with E-state index in [0.717, 1.165) is 0 Å². The van der Waals surface area contributed by atoms with Gasteiger partial charge in [0.15, 0.2) is 0 Å². The lowest BCUT2D eigenvalue weighted by atomic mass is 10.4. The molecule has 0 saturated carbocycles. The van der Waals surface area contributed by atoms with Crippen molar-refractivity contribution in [1.82, 2.24) is 0 Å². The maximum absolute atomic E-state index is 11.6. The molecule has 3 unspecified atom stereocenters. The van der Waals surface area contributed by atoms with Crippen LogP contribution in [0.4, 0.5) is 0 Å². The first-order valence-corrected chi connectivity index (χ1v) is 12.7. The molecule has 0 heterocycles. The molecule has 0 aliphatic heterocycles. The summed E-state index contributed by atoms with van der Waals surface area (Å²) >= 11 is 0. The van der Waals surface area contributed by atoms with Crippen molar-refractivity contribution >= 4 is 20.6 Å². The van der Waals surface area contributed by atoms with E-state index in [-0.39, 0.29) is 39.6 Å². The van der Waals surface area contributed by atoms with E-state index < -0.39 is 32.4 Å². The zero-order chi connectivity index (χ0) is 23.0. The van der Waals surface area contributed by atoms with Crippen LogP contribution in [-0.2, 0) is 37.1 Å². The third-order valence-corrected chi connectivity index (χ3v) is 6.65. The zero-order valence-electron chi connectivity index (χ0n) is 17.7. The van der Waals surface area contributed by atoms with Gasteiger partial charge >= 0.3 is 15.2 Å². The van der Waals surface area contributed by atoms with Crippen molar-refractivity contribution in [3.05, 3.63) is 0 Å². The SMILES string of the molecule is CC(=N)P(=O)(O)OCCOCCOCCOCCOCC(O)COP(=O)(O)C(C)C. The Kier molecular flexibility index (Phi) is 16.3. The van der Waals surface area contributed by atoms with Crippen LogP contribution in [0.25, 0.3) is 0 Å². The summed E-state index contributed by atoms with van der Waals surface area (Å²) < 4.78 is 53.3. The molecule has 3 atom stereocenters. The van der Waals surface area contributed by atoms with Gasteiger partial charge in [-0.2, -0.15) is 0 Å². The molecule has 0 aromatic rings. The van der Waals surface area contributed by atoms with Crippen molar-refractivity contribution in [3.63, 3.8) is 0 Å². The Hall–Kier alpha value is -0.230. The third kappa shape index (κ3) is 15.6. The molecule has 0 aromatic heterocycles. The third-order valence-electron chi connectivity index (χ3n) is 3.45. The number of ether oxygens (including phenoxy) is 4. The quantitative estimate of drug-likeness (QED) is 0.112. The molecule has 30 heavy (non-hydrogen) atoms. The first kappa shape index (κ1) is 29.8. The van der Waals surface area contributed by atoms with Crippen molar-refractivity contribution in [2.24, 2.45) is 0 Å². The molecular formula is C16H35NO11P2. The largest absolute Gasteiger partial charge is 0.388 e. The van der Waals surface area contributed by atoms with Crippen LogP contribution in [0.3, 0.4) is 0 Å². The van der Waals surface area contributed by atoms with E-state index in [1.807, 2.05) is 0 Å². The minimum absolute atomic E-state index is 0.0376. The molecule has 180 valence electrons. The van der Waals surface area contributed by atoms with Crippen LogP contribution in [0, 0.1) is 5.41 Å². The van der Waals surface area contributed by atoms with Crippen LogP contribution in [0.2, 0.25) is 0 Å². The van der Waals surface area contributed by atoms with Crippen LogP contribution in [-0.4, -0.2) is 98.2 Å². The molecule has 0 rings (SSSR count). The Bertz CT molecular complexity index is 561. The molecular weight excluding hydrogens is 444 g/mol. The first-order chi connectivity index (χ1) is 14.0. The highest BCUT2D eigenvalue weighted by atomic mass is 31.2. The monoisotopic (exact) mass is 479 g/mol. The number of rotatable bonds is 20. The summed E-state index contributed by atoms with van der Waals surface area (Å²) in [5.41, 5.74) is -0.952. The van der Waals surface area contributed by atoms with Gasteiger partial charge in [0.05, 0.1) is 71.7 Å². The topological polar surface area (TPSA) is 174 Å². The summed E-state index contributed by atoms with van der Waals surface area (Å²) in [5.74, 6) is 0. The van der Waals surface area contributed by atoms with Gasteiger partial charge in [0, 0.05) is 0 Å². The van der Waals surface area contributed by atoms with Gasteiger partial charge in [0.2, 0.25) is 0 Å². The second-order valence-electron chi connectivity index (χ2n) is 6.46. The van der Waals surface area contributed by atoms with Crippen molar-refractivity contribution < 1.29 is 52.0 Å². The number of aliphatic hydroxyl groups is 1. The van der Waals surface area contributed by atoms with Gasteiger partial charge in [-0.3, -0.25) is 14.5 Å². The number of hydrogen-bond acceptors (Lipinski definition) is 10. The molecule has 0 spiro atoms. The van der Waals surface area contributed by atoms with Gasteiger partial charge in [-0.1, -0.05) is 13.8 Å². The van der Waals surface area contributed by atoms with Crippen LogP contribution in [0.5, 0.6) is 0 Å². The van der Waals surface area contributed by atoms with Crippen LogP contribution < -0.4 is 0 Å². The predicted molar refractivity (Wildman–Crippen MR) is 109 cm³/mol. The maximum Gasteiger partial charge on any atom is 0.371 e. The van der Waals surface area contributed by atoms with Gasteiger partial charge in [-0.25, -0.2) is 0 Å². The van der Waals surface area contributed by atoms with Gasteiger partial charge < -0.3 is 42.9 Å². The number of hydrogen-bond donors (Lipinski definition) is 4. The van der Waals surface area contributed by atoms with Crippen LogP contribution >= 0.6 is 15.2 Å². The maximum atomic E-state index is 11.6. The molecule has 0 bridgehead atoms. The Morgan fingerprint density at radius 3 is 1.67 bits per heavy atom.